The molecule has 1 aromatic rings. The van der Waals surface area contributed by atoms with Crippen LogP contribution < -0.4 is 10.6 Å². The summed E-state index contributed by atoms with van der Waals surface area (Å²) in [5.74, 6) is -0.212. The van der Waals surface area contributed by atoms with Crippen LogP contribution in [0.3, 0.4) is 0 Å². The number of carbonyl (C=O) groups excluding carboxylic acids is 2. The van der Waals surface area contributed by atoms with Crippen molar-refractivity contribution in [3.63, 3.8) is 0 Å². The maximum absolute atomic E-state index is 11.7. The summed E-state index contributed by atoms with van der Waals surface area (Å²) in [5.41, 5.74) is 1.29. The molecule has 0 saturated carbocycles. The van der Waals surface area contributed by atoms with Gasteiger partial charge >= 0.3 is 0 Å². The molecule has 92 valence electrons. The quantitative estimate of drug-likeness (QED) is 0.838. The van der Waals surface area contributed by atoms with Gasteiger partial charge < -0.3 is 10.6 Å². The Kier molecular flexibility index (Phi) is 4.69. The van der Waals surface area contributed by atoms with Crippen molar-refractivity contribution in [2.24, 2.45) is 0 Å². The molecule has 0 aliphatic rings. The molecule has 0 heterocycles. The van der Waals surface area contributed by atoms with Crippen molar-refractivity contribution >= 4 is 17.5 Å². The predicted molar refractivity (Wildman–Crippen MR) is 68.0 cm³/mol. The van der Waals surface area contributed by atoms with Crippen LogP contribution in [0, 0.1) is 0 Å². The van der Waals surface area contributed by atoms with E-state index in [1.54, 1.807) is 24.3 Å². The van der Waals surface area contributed by atoms with Crippen LogP contribution in [-0.4, -0.2) is 17.9 Å². The highest BCUT2D eigenvalue weighted by Gasteiger charge is 2.08. The van der Waals surface area contributed by atoms with Gasteiger partial charge in [0.05, 0.1) is 0 Å². The van der Waals surface area contributed by atoms with Gasteiger partial charge in [0.15, 0.2) is 0 Å². The first-order chi connectivity index (χ1) is 8.02. The van der Waals surface area contributed by atoms with Crippen LogP contribution in [0.4, 0.5) is 5.69 Å². The lowest BCUT2D eigenvalue weighted by Crippen LogP contribution is -2.31. The topological polar surface area (TPSA) is 58.2 Å². The molecule has 2 amide bonds. The first kappa shape index (κ1) is 13.2. The number of carbonyl (C=O) groups is 2. The Labute approximate surface area is 101 Å². The second-order valence-corrected chi connectivity index (χ2v) is 4.04. The fourth-order valence-electron chi connectivity index (χ4n) is 1.32. The van der Waals surface area contributed by atoms with E-state index in [4.69, 9.17) is 0 Å². The molecule has 2 N–H and O–H groups in total. The molecule has 0 fully saturated rings. The van der Waals surface area contributed by atoms with Gasteiger partial charge in [-0.1, -0.05) is 6.92 Å². The van der Waals surface area contributed by atoms with Crippen molar-refractivity contribution in [1.29, 1.82) is 0 Å². The van der Waals surface area contributed by atoms with E-state index in [0.717, 1.165) is 6.42 Å². The summed E-state index contributed by atoms with van der Waals surface area (Å²) in [6.07, 6.45) is 0.899. The van der Waals surface area contributed by atoms with Crippen LogP contribution in [0.1, 0.15) is 37.6 Å². The van der Waals surface area contributed by atoms with Crippen molar-refractivity contribution in [1.82, 2.24) is 5.32 Å². The molecule has 0 bridgehead atoms. The van der Waals surface area contributed by atoms with Gasteiger partial charge in [-0.2, -0.15) is 0 Å². The molecule has 17 heavy (non-hydrogen) atoms. The molecular formula is C13H18N2O2. The van der Waals surface area contributed by atoms with Gasteiger partial charge in [-0.3, -0.25) is 9.59 Å². The Bertz CT molecular complexity index is 398. The largest absolute Gasteiger partial charge is 0.350 e. The van der Waals surface area contributed by atoms with E-state index in [-0.39, 0.29) is 17.9 Å². The third-order valence-electron chi connectivity index (χ3n) is 2.46. The molecule has 0 aliphatic heterocycles. The fourth-order valence-corrected chi connectivity index (χ4v) is 1.32. The summed E-state index contributed by atoms with van der Waals surface area (Å²) in [7, 11) is 0. The number of anilines is 1. The van der Waals surface area contributed by atoms with E-state index >= 15 is 0 Å². The first-order valence-corrected chi connectivity index (χ1v) is 5.71. The van der Waals surface area contributed by atoms with Gasteiger partial charge in [0.1, 0.15) is 0 Å². The summed E-state index contributed by atoms with van der Waals surface area (Å²) in [4.78, 5) is 22.6. The minimum absolute atomic E-state index is 0.0891. The number of benzene rings is 1. The van der Waals surface area contributed by atoms with Gasteiger partial charge in [-0.25, -0.2) is 0 Å². The van der Waals surface area contributed by atoms with E-state index < -0.39 is 0 Å². The number of nitrogens with one attached hydrogen (secondary N) is 2. The van der Waals surface area contributed by atoms with Crippen LogP contribution in [0.15, 0.2) is 24.3 Å². The Morgan fingerprint density at radius 2 is 1.82 bits per heavy atom. The number of amides is 2. The number of hydrogen-bond acceptors (Lipinski definition) is 2. The average molecular weight is 234 g/mol. The zero-order valence-electron chi connectivity index (χ0n) is 10.4. The molecule has 1 atom stereocenters. The first-order valence-electron chi connectivity index (χ1n) is 5.71. The van der Waals surface area contributed by atoms with Crippen LogP contribution in [-0.2, 0) is 4.79 Å². The molecule has 0 aromatic heterocycles. The molecule has 0 radical (unpaired) electrons. The van der Waals surface area contributed by atoms with Crippen LogP contribution >= 0.6 is 0 Å². The fraction of sp³-hybridized carbons (Fsp3) is 0.385. The van der Waals surface area contributed by atoms with Crippen molar-refractivity contribution in [3.05, 3.63) is 29.8 Å². The lowest BCUT2D eigenvalue weighted by atomic mass is 10.1. The lowest BCUT2D eigenvalue weighted by Gasteiger charge is -2.11. The van der Waals surface area contributed by atoms with Gasteiger partial charge in [0.2, 0.25) is 5.91 Å². The maximum Gasteiger partial charge on any atom is 0.251 e. The molecule has 0 spiro atoms. The third-order valence-corrected chi connectivity index (χ3v) is 2.46. The van der Waals surface area contributed by atoms with Crippen LogP contribution in [0.5, 0.6) is 0 Å². The highest BCUT2D eigenvalue weighted by atomic mass is 16.2. The molecule has 1 aromatic carbocycles. The summed E-state index contributed by atoms with van der Waals surface area (Å²) in [6, 6.07) is 6.99. The van der Waals surface area contributed by atoms with E-state index in [2.05, 4.69) is 10.6 Å². The molecule has 0 aliphatic carbocycles. The zero-order chi connectivity index (χ0) is 12.8. The summed E-state index contributed by atoms with van der Waals surface area (Å²) in [6.45, 7) is 5.43. The smallest absolute Gasteiger partial charge is 0.251 e. The van der Waals surface area contributed by atoms with Crippen LogP contribution in [0.25, 0.3) is 0 Å². The Morgan fingerprint density at radius 3 is 2.29 bits per heavy atom. The van der Waals surface area contributed by atoms with Crippen molar-refractivity contribution < 1.29 is 9.59 Å². The monoisotopic (exact) mass is 234 g/mol. The van der Waals surface area contributed by atoms with E-state index in [1.807, 2.05) is 13.8 Å². The average Bonchev–Trinajstić information content (AvgIpc) is 2.28. The van der Waals surface area contributed by atoms with Gasteiger partial charge in [0, 0.05) is 24.2 Å². The predicted octanol–water partition coefficient (Wildman–Crippen LogP) is 2.17. The minimum atomic E-state index is -0.123. The van der Waals surface area contributed by atoms with Gasteiger partial charge in [-0.15, -0.1) is 0 Å². The molecule has 4 nitrogen and oxygen atoms in total. The standard InChI is InChI=1S/C13H18N2O2/c1-4-9(2)14-13(17)11-5-7-12(8-6-11)15-10(3)16/h5-9H,4H2,1-3H3,(H,14,17)(H,15,16)/t9-/m0/s1. The zero-order valence-corrected chi connectivity index (χ0v) is 10.4. The van der Waals surface area contributed by atoms with Crippen molar-refractivity contribution in [3.8, 4) is 0 Å². The Morgan fingerprint density at radius 1 is 1.24 bits per heavy atom. The highest BCUT2D eigenvalue weighted by molar-refractivity contribution is 5.95. The van der Waals surface area contributed by atoms with Crippen LogP contribution in [0.2, 0.25) is 0 Å². The van der Waals surface area contributed by atoms with Gasteiger partial charge in [-0.05, 0) is 37.6 Å². The second-order valence-electron chi connectivity index (χ2n) is 4.04. The molecule has 0 unspecified atom stereocenters. The molecule has 0 saturated heterocycles. The normalized spacial score (nSPS) is 11.7. The van der Waals surface area contributed by atoms with E-state index in [9.17, 15) is 9.59 Å². The number of hydrogen-bond donors (Lipinski definition) is 2. The molecular weight excluding hydrogens is 216 g/mol. The Balaban J connectivity index is 2.67. The second kappa shape index (κ2) is 6.03. The SMILES string of the molecule is CC[C@H](C)NC(=O)c1ccc(NC(C)=O)cc1. The third kappa shape index (κ3) is 4.26. The molecule has 4 heteroatoms. The highest BCUT2D eigenvalue weighted by Crippen LogP contribution is 2.09. The maximum atomic E-state index is 11.7. The van der Waals surface area contributed by atoms with Gasteiger partial charge in [0.25, 0.3) is 5.91 Å². The molecule has 1 rings (SSSR count). The summed E-state index contributed by atoms with van der Waals surface area (Å²) in [5, 5.41) is 5.53. The summed E-state index contributed by atoms with van der Waals surface area (Å²) < 4.78 is 0. The number of rotatable bonds is 4. The van der Waals surface area contributed by atoms with Crippen molar-refractivity contribution in [2.45, 2.75) is 33.2 Å². The van der Waals surface area contributed by atoms with Crippen molar-refractivity contribution in [2.75, 3.05) is 5.32 Å². The minimum Gasteiger partial charge on any atom is -0.350 e. The summed E-state index contributed by atoms with van der Waals surface area (Å²) >= 11 is 0. The lowest BCUT2D eigenvalue weighted by molar-refractivity contribution is -0.114. The van der Waals surface area contributed by atoms with E-state index in [1.165, 1.54) is 6.92 Å². The Hall–Kier alpha value is -1.84. The van der Waals surface area contributed by atoms with E-state index in [0.29, 0.717) is 11.3 Å².